The summed E-state index contributed by atoms with van der Waals surface area (Å²) in [5, 5.41) is 0. The largest absolute Gasteiger partial charge is 0.478 e. The van der Waals surface area contributed by atoms with Crippen LogP contribution < -0.4 is 0 Å². The normalized spacial score (nSPS) is 34.0. The molecule has 5 heteroatoms. The van der Waals surface area contributed by atoms with Gasteiger partial charge in [0.2, 0.25) is 0 Å². The molecule has 2 bridgehead atoms. The van der Waals surface area contributed by atoms with E-state index in [1.807, 2.05) is 18.2 Å². The summed E-state index contributed by atoms with van der Waals surface area (Å²) in [6.45, 7) is 1.78. The lowest BCUT2D eigenvalue weighted by atomic mass is 9.85. The monoisotopic (exact) mass is 330 g/mol. The van der Waals surface area contributed by atoms with Crippen LogP contribution in [0.2, 0.25) is 0 Å². The summed E-state index contributed by atoms with van der Waals surface area (Å²) in [4.78, 5) is 24.8. The number of allylic oxidation sites excluding steroid dienone is 4. The van der Waals surface area contributed by atoms with E-state index < -0.39 is 17.5 Å². The number of fused-ring (bicyclic) bond motifs is 3. The predicted molar refractivity (Wildman–Crippen MR) is 87.9 cm³/mol. The fourth-order valence-electron chi connectivity index (χ4n) is 3.63. The number of carbonyl (C=O) groups excluding carboxylic acids is 2. The van der Waals surface area contributed by atoms with Crippen molar-refractivity contribution in [3.05, 3.63) is 46.3 Å². The number of methoxy groups -OCH3 is 2. The average Bonchev–Trinajstić information content (AvgIpc) is 3.01. The van der Waals surface area contributed by atoms with Gasteiger partial charge in [0.1, 0.15) is 5.76 Å². The van der Waals surface area contributed by atoms with Crippen molar-refractivity contribution >= 4 is 11.9 Å². The molecule has 0 N–H and O–H groups in total. The van der Waals surface area contributed by atoms with Gasteiger partial charge in [0.25, 0.3) is 0 Å². The third-order valence-corrected chi connectivity index (χ3v) is 4.85. The van der Waals surface area contributed by atoms with Crippen molar-refractivity contribution in [2.24, 2.45) is 0 Å². The first-order chi connectivity index (χ1) is 11.5. The maximum Gasteiger partial charge on any atom is 0.338 e. The fourth-order valence-corrected chi connectivity index (χ4v) is 3.63. The van der Waals surface area contributed by atoms with E-state index in [2.05, 4.69) is 0 Å². The molecule has 0 amide bonds. The van der Waals surface area contributed by atoms with Crippen molar-refractivity contribution in [1.82, 2.24) is 0 Å². The van der Waals surface area contributed by atoms with Crippen LogP contribution in [0.25, 0.3) is 0 Å². The molecule has 2 aliphatic heterocycles. The first-order valence-corrected chi connectivity index (χ1v) is 8.21. The quantitative estimate of drug-likeness (QED) is 0.728. The molecule has 24 heavy (non-hydrogen) atoms. The van der Waals surface area contributed by atoms with E-state index in [0.29, 0.717) is 6.42 Å². The molecule has 128 valence electrons. The molecule has 0 aromatic heterocycles. The average molecular weight is 330 g/mol. The molecule has 1 aliphatic carbocycles. The van der Waals surface area contributed by atoms with Crippen LogP contribution in [0.5, 0.6) is 0 Å². The molecule has 3 rings (SSSR count). The Balaban J connectivity index is 2.21. The minimum Gasteiger partial charge on any atom is -0.478 e. The third-order valence-electron chi connectivity index (χ3n) is 4.85. The van der Waals surface area contributed by atoms with Gasteiger partial charge in [-0.05, 0) is 62.3 Å². The van der Waals surface area contributed by atoms with Crippen LogP contribution in [-0.2, 0) is 23.8 Å². The van der Waals surface area contributed by atoms with Gasteiger partial charge in [-0.15, -0.1) is 0 Å². The summed E-state index contributed by atoms with van der Waals surface area (Å²) >= 11 is 0. The molecule has 0 aromatic rings. The third kappa shape index (κ3) is 2.68. The van der Waals surface area contributed by atoms with Crippen molar-refractivity contribution in [3.63, 3.8) is 0 Å². The Morgan fingerprint density at radius 2 is 1.83 bits per heavy atom. The van der Waals surface area contributed by atoms with Crippen LogP contribution >= 0.6 is 0 Å². The second-order valence-corrected chi connectivity index (χ2v) is 6.36. The van der Waals surface area contributed by atoms with E-state index in [-0.39, 0.29) is 11.1 Å². The number of hydrogen-bond donors (Lipinski definition) is 0. The number of rotatable bonds is 2. The molecule has 0 saturated heterocycles. The van der Waals surface area contributed by atoms with Crippen molar-refractivity contribution in [2.45, 2.75) is 44.6 Å². The van der Waals surface area contributed by atoms with E-state index >= 15 is 0 Å². The summed E-state index contributed by atoms with van der Waals surface area (Å²) in [6.07, 6.45) is 10.2. The Morgan fingerprint density at radius 1 is 1.12 bits per heavy atom. The number of esters is 2. The highest BCUT2D eigenvalue weighted by atomic mass is 16.5. The fraction of sp³-hybridized carbons (Fsp3) is 0.474. The summed E-state index contributed by atoms with van der Waals surface area (Å²) < 4.78 is 16.0. The highest BCUT2D eigenvalue weighted by Gasteiger charge is 2.43. The maximum atomic E-state index is 12.4. The zero-order chi connectivity index (χ0) is 17.3. The van der Waals surface area contributed by atoms with Crippen LogP contribution in [0, 0.1) is 0 Å². The van der Waals surface area contributed by atoms with Gasteiger partial charge in [0.05, 0.1) is 25.4 Å². The molecule has 1 atom stereocenters. The molecular weight excluding hydrogens is 308 g/mol. The van der Waals surface area contributed by atoms with Crippen molar-refractivity contribution in [3.8, 4) is 0 Å². The second kappa shape index (κ2) is 6.30. The lowest BCUT2D eigenvalue weighted by Crippen LogP contribution is -2.33. The zero-order valence-electron chi connectivity index (χ0n) is 14.3. The first kappa shape index (κ1) is 16.6. The van der Waals surface area contributed by atoms with Gasteiger partial charge in [-0.3, -0.25) is 0 Å². The first-order valence-electron chi connectivity index (χ1n) is 8.21. The van der Waals surface area contributed by atoms with E-state index in [9.17, 15) is 9.59 Å². The number of ether oxygens (including phenoxy) is 3. The van der Waals surface area contributed by atoms with Gasteiger partial charge >= 0.3 is 11.9 Å². The van der Waals surface area contributed by atoms with E-state index in [1.54, 1.807) is 6.92 Å². The topological polar surface area (TPSA) is 61.8 Å². The minimum atomic E-state index is -1.03. The van der Waals surface area contributed by atoms with Crippen LogP contribution in [0.15, 0.2) is 46.3 Å². The smallest absolute Gasteiger partial charge is 0.338 e. The number of hydrogen-bond acceptors (Lipinski definition) is 5. The summed E-state index contributed by atoms with van der Waals surface area (Å²) in [5.41, 5.74) is 1.84. The predicted octanol–water partition coefficient (Wildman–Crippen LogP) is 3.13. The summed E-state index contributed by atoms with van der Waals surface area (Å²) in [5.74, 6) is -0.314. The molecule has 1 fully saturated rings. The molecule has 0 spiro atoms. The van der Waals surface area contributed by atoms with Gasteiger partial charge in [-0.1, -0.05) is 6.08 Å². The van der Waals surface area contributed by atoms with E-state index in [0.717, 1.165) is 31.4 Å². The lowest BCUT2D eigenvalue weighted by molar-refractivity contribution is -0.141. The van der Waals surface area contributed by atoms with Gasteiger partial charge in [-0.2, -0.15) is 0 Å². The lowest BCUT2D eigenvalue weighted by Gasteiger charge is -2.27. The Bertz CT molecular complexity index is 707. The van der Waals surface area contributed by atoms with Crippen molar-refractivity contribution in [2.75, 3.05) is 14.2 Å². The Hall–Kier alpha value is -2.30. The van der Waals surface area contributed by atoms with Crippen LogP contribution in [0.1, 0.15) is 39.0 Å². The molecule has 1 saturated carbocycles. The van der Waals surface area contributed by atoms with E-state index in [4.69, 9.17) is 14.2 Å². The molecular formula is C19H22O5. The highest BCUT2D eigenvalue weighted by molar-refractivity contribution is 6.02. The molecule has 0 radical (unpaired) electrons. The molecule has 3 aliphatic rings. The van der Waals surface area contributed by atoms with Crippen molar-refractivity contribution < 1.29 is 23.8 Å². The van der Waals surface area contributed by atoms with Gasteiger partial charge in [0.15, 0.2) is 5.60 Å². The van der Waals surface area contributed by atoms with E-state index in [1.165, 1.54) is 25.4 Å². The minimum absolute atomic E-state index is 0.208. The Morgan fingerprint density at radius 3 is 2.54 bits per heavy atom. The zero-order valence-corrected chi connectivity index (χ0v) is 14.3. The molecule has 0 aromatic carbocycles. The van der Waals surface area contributed by atoms with Crippen LogP contribution in [-0.4, -0.2) is 31.8 Å². The van der Waals surface area contributed by atoms with Gasteiger partial charge in [-0.25, -0.2) is 9.59 Å². The van der Waals surface area contributed by atoms with Crippen molar-refractivity contribution in [1.29, 1.82) is 0 Å². The standard InChI is InChI=1S/C19H22O5/c1-19-11-10-15(24-19)13-7-5-4-6-12(13)8-9-14(17(20)22-2)16(19)18(21)23-3/h8,10-11H,4-7,9H2,1-3H3/b12-8-,15-13-,16-14+/t19-/m0/s1. The summed E-state index contributed by atoms with van der Waals surface area (Å²) in [6, 6.07) is 0. The molecule has 5 nitrogen and oxygen atoms in total. The second-order valence-electron chi connectivity index (χ2n) is 6.36. The SMILES string of the molecule is COC(=O)/C1=C(\C(=O)OC)[C@]2(C)C=C/C(=C3\CCCC\C3=C\C1)O2. The molecule has 0 unspecified atom stereocenters. The van der Waals surface area contributed by atoms with Gasteiger partial charge < -0.3 is 14.2 Å². The van der Waals surface area contributed by atoms with Crippen LogP contribution in [0.3, 0.4) is 0 Å². The molecule has 2 heterocycles. The summed E-state index contributed by atoms with van der Waals surface area (Å²) in [7, 11) is 2.62. The van der Waals surface area contributed by atoms with Crippen LogP contribution in [0.4, 0.5) is 0 Å². The maximum absolute atomic E-state index is 12.4. The van der Waals surface area contributed by atoms with Gasteiger partial charge in [0, 0.05) is 0 Å². The highest BCUT2D eigenvalue weighted by Crippen LogP contribution is 2.42. The number of carbonyl (C=O) groups is 2. The Kier molecular flexibility index (Phi) is 4.35. The Labute approximate surface area is 141 Å².